The van der Waals surface area contributed by atoms with Gasteiger partial charge in [0.2, 0.25) is 0 Å². The molecule has 14 heavy (non-hydrogen) atoms. The minimum atomic E-state index is 0.444. The normalized spacial score (nSPS) is 13.7. The lowest BCUT2D eigenvalue weighted by Gasteiger charge is -2.41. The second-order valence-corrected chi connectivity index (χ2v) is 7.15. The van der Waals surface area contributed by atoms with Crippen molar-refractivity contribution in [3.8, 4) is 0 Å². The third-order valence-electron chi connectivity index (χ3n) is 3.04. The van der Waals surface area contributed by atoms with Gasteiger partial charge in [0.15, 0.2) is 0 Å². The number of hydrogen-bond acceptors (Lipinski definition) is 0. The van der Waals surface area contributed by atoms with E-state index in [-0.39, 0.29) is 0 Å². The second-order valence-electron chi connectivity index (χ2n) is 6.57. The van der Waals surface area contributed by atoms with Crippen LogP contribution in [0, 0.1) is 16.7 Å². The van der Waals surface area contributed by atoms with Crippen LogP contribution in [0.25, 0.3) is 0 Å². The highest BCUT2D eigenvalue weighted by Crippen LogP contribution is 2.42. The van der Waals surface area contributed by atoms with Gasteiger partial charge in [-0.05, 0) is 35.8 Å². The average Bonchev–Trinajstić information content (AvgIpc) is 1.92. The van der Waals surface area contributed by atoms with E-state index in [9.17, 15) is 0 Å². The maximum atomic E-state index is 2.82. The molecule has 0 aliphatic carbocycles. The van der Waals surface area contributed by atoms with Crippen LogP contribution >= 0.6 is 9.24 Å². The number of unbranched alkanes of at least 4 members (excludes halogenated alkanes) is 1. The lowest BCUT2D eigenvalue weighted by molar-refractivity contribution is 0.0906. The fourth-order valence-corrected chi connectivity index (χ4v) is 2.95. The van der Waals surface area contributed by atoms with E-state index in [0.717, 1.165) is 5.92 Å². The summed E-state index contributed by atoms with van der Waals surface area (Å²) in [5.41, 5.74) is 0.887. The maximum absolute atomic E-state index is 2.82. The monoisotopic (exact) mass is 216 g/mol. The Kier molecular flexibility index (Phi) is 5.67. The Morgan fingerprint density at radius 2 is 1.29 bits per heavy atom. The SMILES string of the molecule is CC(C)(C)C(CCCCP)C(C)(C)C. The van der Waals surface area contributed by atoms with Crippen LogP contribution in [0.4, 0.5) is 0 Å². The summed E-state index contributed by atoms with van der Waals surface area (Å²) in [5, 5.41) is 0. The molecule has 0 spiro atoms. The van der Waals surface area contributed by atoms with Crippen molar-refractivity contribution < 1.29 is 0 Å². The van der Waals surface area contributed by atoms with E-state index in [1.54, 1.807) is 0 Å². The molecule has 0 aromatic heterocycles. The van der Waals surface area contributed by atoms with Crippen LogP contribution in [0.5, 0.6) is 0 Å². The third-order valence-corrected chi connectivity index (χ3v) is 3.45. The van der Waals surface area contributed by atoms with Crippen molar-refractivity contribution in [1.29, 1.82) is 0 Å². The first-order valence-corrected chi connectivity index (χ1v) is 6.71. The molecule has 0 aromatic carbocycles. The zero-order valence-electron chi connectivity index (χ0n) is 11.0. The smallest absolute Gasteiger partial charge is 0.0317 e. The molecule has 0 N–H and O–H groups in total. The summed E-state index contributed by atoms with van der Waals surface area (Å²) in [7, 11) is 2.82. The molecule has 0 heterocycles. The minimum absolute atomic E-state index is 0.444. The van der Waals surface area contributed by atoms with E-state index in [0.29, 0.717) is 10.8 Å². The largest absolute Gasteiger partial charge is 0.138 e. The molecule has 0 amide bonds. The molecule has 0 fully saturated rings. The van der Waals surface area contributed by atoms with E-state index in [1.807, 2.05) is 0 Å². The molecular formula is C13H29P. The highest BCUT2D eigenvalue weighted by molar-refractivity contribution is 7.16. The van der Waals surface area contributed by atoms with Crippen LogP contribution < -0.4 is 0 Å². The predicted molar refractivity (Wildman–Crippen MR) is 70.8 cm³/mol. The van der Waals surface area contributed by atoms with Gasteiger partial charge < -0.3 is 0 Å². The Morgan fingerprint density at radius 3 is 1.57 bits per heavy atom. The summed E-state index contributed by atoms with van der Waals surface area (Å²) < 4.78 is 0. The van der Waals surface area contributed by atoms with Gasteiger partial charge in [-0.3, -0.25) is 0 Å². The standard InChI is InChI=1S/C13H29P/c1-12(2,3)11(13(4,5)6)9-7-8-10-14/h11H,7-10,14H2,1-6H3. The van der Waals surface area contributed by atoms with Gasteiger partial charge in [0.1, 0.15) is 0 Å². The molecule has 0 radical (unpaired) electrons. The van der Waals surface area contributed by atoms with Gasteiger partial charge in [-0.2, -0.15) is 0 Å². The second kappa shape index (κ2) is 5.50. The first-order chi connectivity index (χ1) is 6.19. The van der Waals surface area contributed by atoms with Crippen molar-refractivity contribution >= 4 is 9.24 Å². The Morgan fingerprint density at radius 1 is 0.857 bits per heavy atom. The molecule has 0 saturated heterocycles. The van der Waals surface area contributed by atoms with E-state index >= 15 is 0 Å². The molecule has 0 nitrogen and oxygen atoms in total. The molecule has 0 aromatic rings. The predicted octanol–water partition coefficient (Wildman–Crippen LogP) is 4.74. The average molecular weight is 216 g/mol. The molecule has 1 unspecified atom stereocenters. The number of rotatable bonds is 4. The molecule has 0 bridgehead atoms. The van der Waals surface area contributed by atoms with Gasteiger partial charge >= 0.3 is 0 Å². The van der Waals surface area contributed by atoms with Crippen LogP contribution in [-0.4, -0.2) is 6.16 Å². The first kappa shape index (κ1) is 14.4. The van der Waals surface area contributed by atoms with Crippen LogP contribution in [-0.2, 0) is 0 Å². The van der Waals surface area contributed by atoms with Gasteiger partial charge in [0, 0.05) is 0 Å². The Bertz CT molecular complexity index is 134. The molecule has 0 saturated carbocycles. The van der Waals surface area contributed by atoms with Gasteiger partial charge in [-0.25, -0.2) is 0 Å². The topological polar surface area (TPSA) is 0 Å². The van der Waals surface area contributed by atoms with Crippen LogP contribution in [0.2, 0.25) is 0 Å². The number of hydrogen-bond donors (Lipinski definition) is 0. The van der Waals surface area contributed by atoms with Gasteiger partial charge in [0.05, 0.1) is 0 Å². The van der Waals surface area contributed by atoms with Gasteiger partial charge in [-0.15, -0.1) is 9.24 Å². The quantitative estimate of drug-likeness (QED) is 0.470. The van der Waals surface area contributed by atoms with Gasteiger partial charge in [-0.1, -0.05) is 48.0 Å². The lowest BCUT2D eigenvalue weighted by Crippen LogP contribution is -2.32. The summed E-state index contributed by atoms with van der Waals surface area (Å²) in [6, 6.07) is 0. The highest BCUT2D eigenvalue weighted by Gasteiger charge is 2.33. The molecule has 1 heteroatoms. The molecule has 0 aliphatic heterocycles. The Hall–Kier alpha value is 0.430. The van der Waals surface area contributed by atoms with Crippen LogP contribution in [0.15, 0.2) is 0 Å². The van der Waals surface area contributed by atoms with Crippen molar-refractivity contribution in [1.82, 2.24) is 0 Å². The maximum Gasteiger partial charge on any atom is -0.0317 e. The first-order valence-electron chi connectivity index (χ1n) is 5.89. The van der Waals surface area contributed by atoms with Crippen LogP contribution in [0.1, 0.15) is 60.8 Å². The van der Waals surface area contributed by atoms with Gasteiger partial charge in [0.25, 0.3) is 0 Å². The summed E-state index contributed by atoms with van der Waals surface area (Å²) in [4.78, 5) is 0. The fraction of sp³-hybridized carbons (Fsp3) is 1.00. The molecule has 86 valence electrons. The van der Waals surface area contributed by atoms with Crippen molar-refractivity contribution in [2.75, 3.05) is 6.16 Å². The third kappa shape index (κ3) is 5.35. The van der Waals surface area contributed by atoms with Crippen LogP contribution in [0.3, 0.4) is 0 Å². The Labute approximate surface area is 93.4 Å². The van der Waals surface area contributed by atoms with Crippen molar-refractivity contribution in [2.24, 2.45) is 16.7 Å². The summed E-state index contributed by atoms with van der Waals surface area (Å²) >= 11 is 0. The summed E-state index contributed by atoms with van der Waals surface area (Å²) in [5.74, 6) is 0.826. The molecular weight excluding hydrogens is 187 g/mol. The van der Waals surface area contributed by atoms with Crippen molar-refractivity contribution in [2.45, 2.75) is 60.8 Å². The fourth-order valence-electron chi connectivity index (χ4n) is 2.66. The van der Waals surface area contributed by atoms with Crippen molar-refractivity contribution in [3.05, 3.63) is 0 Å². The van der Waals surface area contributed by atoms with E-state index < -0.39 is 0 Å². The Balaban J connectivity index is 4.28. The molecule has 1 atom stereocenters. The van der Waals surface area contributed by atoms with E-state index in [1.165, 1.54) is 25.4 Å². The van der Waals surface area contributed by atoms with E-state index in [4.69, 9.17) is 0 Å². The molecule has 0 rings (SSSR count). The summed E-state index contributed by atoms with van der Waals surface area (Å²) in [6.45, 7) is 14.3. The highest BCUT2D eigenvalue weighted by atomic mass is 31.0. The zero-order chi connectivity index (χ0) is 11.4. The zero-order valence-corrected chi connectivity index (χ0v) is 12.1. The van der Waals surface area contributed by atoms with E-state index in [2.05, 4.69) is 50.8 Å². The minimum Gasteiger partial charge on any atom is -0.138 e. The van der Waals surface area contributed by atoms with Crippen molar-refractivity contribution in [3.63, 3.8) is 0 Å². The summed E-state index contributed by atoms with van der Waals surface area (Å²) in [6.07, 6.45) is 5.36. The molecule has 0 aliphatic rings. The lowest BCUT2D eigenvalue weighted by atomic mass is 9.65.